The van der Waals surface area contributed by atoms with Crippen molar-refractivity contribution in [2.75, 3.05) is 20.1 Å². The van der Waals surface area contributed by atoms with Gasteiger partial charge in [0.05, 0.1) is 12.0 Å². The summed E-state index contributed by atoms with van der Waals surface area (Å²) in [5.74, 6) is 1.55. The van der Waals surface area contributed by atoms with Crippen molar-refractivity contribution in [3.05, 3.63) is 0 Å². The lowest BCUT2D eigenvalue weighted by Crippen LogP contribution is -2.31. The third kappa shape index (κ3) is 4.22. The molecular weight excluding hydrogens is 184 g/mol. The molecule has 0 saturated heterocycles. The van der Waals surface area contributed by atoms with E-state index in [1.807, 2.05) is 0 Å². The number of rotatable bonds is 5. The molecule has 15 heavy (non-hydrogen) atoms. The first-order chi connectivity index (χ1) is 7.13. The van der Waals surface area contributed by atoms with E-state index in [1.54, 1.807) is 0 Å². The van der Waals surface area contributed by atoms with Gasteiger partial charge in [-0.15, -0.1) is 0 Å². The Morgan fingerprint density at radius 3 is 2.40 bits per heavy atom. The monoisotopic (exact) mass is 208 g/mol. The Kier molecular flexibility index (Phi) is 5.11. The van der Waals surface area contributed by atoms with E-state index in [0.29, 0.717) is 5.92 Å². The maximum Gasteiger partial charge on any atom is 0.0671 e. The average Bonchev–Trinajstić information content (AvgIpc) is 2.66. The fraction of sp³-hybridized carbons (Fsp3) is 0.923. The van der Waals surface area contributed by atoms with Crippen molar-refractivity contribution in [2.24, 2.45) is 17.8 Å². The first kappa shape index (κ1) is 12.5. The van der Waals surface area contributed by atoms with E-state index in [2.05, 4.69) is 31.9 Å². The van der Waals surface area contributed by atoms with Crippen molar-refractivity contribution < 1.29 is 0 Å². The van der Waals surface area contributed by atoms with Crippen molar-refractivity contribution in [1.82, 2.24) is 4.90 Å². The van der Waals surface area contributed by atoms with Gasteiger partial charge in [-0.25, -0.2) is 0 Å². The van der Waals surface area contributed by atoms with Crippen molar-refractivity contribution in [2.45, 2.75) is 39.5 Å². The van der Waals surface area contributed by atoms with Crippen LogP contribution < -0.4 is 0 Å². The van der Waals surface area contributed by atoms with E-state index < -0.39 is 0 Å². The van der Waals surface area contributed by atoms with Crippen LogP contribution in [0.25, 0.3) is 0 Å². The molecule has 1 aliphatic rings. The van der Waals surface area contributed by atoms with Gasteiger partial charge in [0, 0.05) is 13.1 Å². The molecular formula is C13H24N2. The first-order valence-electron chi connectivity index (χ1n) is 6.21. The Balaban J connectivity index is 2.27. The van der Waals surface area contributed by atoms with Gasteiger partial charge < -0.3 is 4.90 Å². The Bertz CT molecular complexity index is 211. The highest BCUT2D eigenvalue weighted by Crippen LogP contribution is 2.25. The molecule has 0 spiro atoms. The fourth-order valence-corrected chi connectivity index (χ4v) is 2.44. The summed E-state index contributed by atoms with van der Waals surface area (Å²) < 4.78 is 0. The Labute approximate surface area is 94.3 Å². The van der Waals surface area contributed by atoms with Gasteiger partial charge in [0.15, 0.2) is 0 Å². The predicted molar refractivity (Wildman–Crippen MR) is 63.4 cm³/mol. The molecule has 0 aromatic heterocycles. The molecule has 0 amide bonds. The second-order valence-corrected chi connectivity index (χ2v) is 5.35. The lowest BCUT2D eigenvalue weighted by atomic mass is 9.96. The molecule has 0 aromatic carbocycles. The highest BCUT2D eigenvalue weighted by Gasteiger charge is 2.19. The first-order valence-corrected chi connectivity index (χ1v) is 6.21. The summed E-state index contributed by atoms with van der Waals surface area (Å²) in [6, 6.07) is 2.42. The summed E-state index contributed by atoms with van der Waals surface area (Å²) in [6.07, 6.45) is 5.60. The van der Waals surface area contributed by atoms with Crippen LogP contribution in [0.1, 0.15) is 39.5 Å². The molecule has 0 aliphatic heterocycles. The molecule has 0 heterocycles. The third-order valence-corrected chi connectivity index (χ3v) is 3.52. The predicted octanol–water partition coefficient (Wildman–Crippen LogP) is 2.90. The maximum absolute atomic E-state index is 9.03. The zero-order valence-corrected chi connectivity index (χ0v) is 10.4. The molecule has 86 valence electrons. The number of nitrogens with zero attached hydrogens (tertiary/aromatic N) is 2. The van der Waals surface area contributed by atoms with Gasteiger partial charge in [-0.1, -0.05) is 26.7 Å². The zero-order valence-electron chi connectivity index (χ0n) is 10.4. The molecule has 0 N–H and O–H groups in total. The van der Waals surface area contributed by atoms with Crippen molar-refractivity contribution in [1.29, 1.82) is 5.26 Å². The molecule has 1 saturated carbocycles. The van der Waals surface area contributed by atoms with Crippen LogP contribution in [0, 0.1) is 29.1 Å². The van der Waals surface area contributed by atoms with Crippen LogP contribution in [-0.4, -0.2) is 25.0 Å². The van der Waals surface area contributed by atoms with Gasteiger partial charge in [0.2, 0.25) is 0 Å². The number of nitriles is 1. The average molecular weight is 208 g/mol. The van der Waals surface area contributed by atoms with Crippen LogP contribution in [0.5, 0.6) is 0 Å². The standard InChI is InChI=1S/C13H24N2/c1-11(2)13(8-14)10-15(3)9-12-6-4-5-7-12/h11-13H,4-7,9-10H2,1-3H3. The van der Waals surface area contributed by atoms with Crippen LogP contribution in [0.3, 0.4) is 0 Å². The second-order valence-electron chi connectivity index (χ2n) is 5.35. The minimum atomic E-state index is 0.191. The molecule has 1 atom stereocenters. The topological polar surface area (TPSA) is 27.0 Å². The minimum absolute atomic E-state index is 0.191. The Morgan fingerprint density at radius 2 is 1.93 bits per heavy atom. The summed E-state index contributed by atoms with van der Waals surface area (Å²) in [4.78, 5) is 2.35. The molecule has 1 rings (SSSR count). The summed E-state index contributed by atoms with van der Waals surface area (Å²) in [5.41, 5.74) is 0. The van der Waals surface area contributed by atoms with E-state index in [1.165, 1.54) is 32.2 Å². The van der Waals surface area contributed by atoms with Gasteiger partial charge in [0.1, 0.15) is 0 Å². The second kappa shape index (κ2) is 6.12. The van der Waals surface area contributed by atoms with Crippen LogP contribution in [0.2, 0.25) is 0 Å². The van der Waals surface area contributed by atoms with E-state index in [4.69, 9.17) is 5.26 Å². The smallest absolute Gasteiger partial charge is 0.0671 e. The van der Waals surface area contributed by atoms with E-state index in [-0.39, 0.29) is 5.92 Å². The molecule has 1 aliphatic carbocycles. The quantitative estimate of drug-likeness (QED) is 0.694. The van der Waals surface area contributed by atoms with E-state index in [9.17, 15) is 0 Å². The lowest BCUT2D eigenvalue weighted by molar-refractivity contribution is 0.236. The van der Waals surface area contributed by atoms with Crippen molar-refractivity contribution in [3.63, 3.8) is 0 Å². The normalized spacial score (nSPS) is 19.7. The molecule has 1 unspecified atom stereocenters. The summed E-state index contributed by atoms with van der Waals surface area (Å²) >= 11 is 0. The van der Waals surface area contributed by atoms with Crippen LogP contribution in [-0.2, 0) is 0 Å². The van der Waals surface area contributed by atoms with Gasteiger partial charge in [-0.3, -0.25) is 0 Å². The summed E-state index contributed by atoms with van der Waals surface area (Å²) in [5, 5.41) is 9.03. The van der Waals surface area contributed by atoms with E-state index in [0.717, 1.165) is 12.5 Å². The van der Waals surface area contributed by atoms with Crippen molar-refractivity contribution >= 4 is 0 Å². The molecule has 0 bridgehead atoms. The molecule has 0 radical (unpaired) electrons. The minimum Gasteiger partial charge on any atom is -0.305 e. The Morgan fingerprint density at radius 1 is 1.33 bits per heavy atom. The van der Waals surface area contributed by atoms with Gasteiger partial charge in [-0.2, -0.15) is 5.26 Å². The fourth-order valence-electron chi connectivity index (χ4n) is 2.44. The molecule has 2 heteroatoms. The van der Waals surface area contributed by atoms with Crippen LogP contribution >= 0.6 is 0 Å². The van der Waals surface area contributed by atoms with E-state index >= 15 is 0 Å². The largest absolute Gasteiger partial charge is 0.305 e. The molecule has 2 nitrogen and oxygen atoms in total. The summed E-state index contributed by atoms with van der Waals surface area (Å²) in [6.45, 7) is 6.39. The third-order valence-electron chi connectivity index (χ3n) is 3.52. The SMILES string of the molecule is CC(C)C(C#N)CN(C)CC1CCCC1. The van der Waals surface area contributed by atoms with Crippen LogP contribution in [0.4, 0.5) is 0 Å². The van der Waals surface area contributed by atoms with Gasteiger partial charge in [-0.05, 0) is 31.7 Å². The lowest BCUT2D eigenvalue weighted by Gasteiger charge is -2.24. The van der Waals surface area contributed by atoms with Gasteiger partial charge >= 0.3 is 0 Å². The summed E-state index contributed by atoms with van der Waals surface area (Å²) in [7, 11) is 2.16. The maximum atomic E-state index is 9.03. The zero-order chi connectivity index (χ0) is 11.3. The number of hydrogen-bond acceptors (Lipinski definition) is 2. The van der Waals surface area contributed by atoms with Crippen LogP contribution in [0.15, 0.2) is 0 Å². The highest BCUT2D eigenvalue weighted by molar-refractivity contribution is 4.87. The van der Waals surface area contributed by atoms with Crippen molar-refractivity contribution in [3.8, 4) is 6.07 Å². The van der Waals surface area contributed by atoms with Gasteiger partial charge in [0.25, 0.3) is 0 Å². The highest BCUT2D eigenvalue weighted by atomic mass is 15.1. The Hall–Kier alpha value is -0.550. The molecule has 1 fully saturated rings. The molecule has 0 aromatic rings. The number of hydrogen-bond donors (Lipinski definition) is 0.